The fourth-order valence-corrected chi connectivity index (χ4v) is 3.55. The topological polar surface area (TPSA) is 80.1 Å². The van der Waals surface area contributed by atoms with Crippen LogP contribution in [0, 0.1) is 0 Å². The molecule has 1 aliphatic heterocycles. The van der Waals surface area contributed by atoms with Crippen LogP contribution < -0.4 is 5.32 Å². The number of aryl methyl sites for hydroxylation is 1. The second-order valence-corrected chi connectivity index (χ2v) is 6.89. The summed E-state index contributed by atoms with van der Waals surface area (Å²) >= 11 is 0. The summed E-state index contributed by atoms with van der Waals surface area (Å²) < 4.78 is 1.77. The number of likely N-dealkylation sites (tertiary alicyclic amines) is 1. The van der Waals surface area contributed by atoms with E-state index >= 15 is 0 Å². The van der Waals surface area contributed by atoms with Gasteiger partial charge in [-0.25, -0.2) is 9.67 Å². The summed E-state index contributed by atoms with van der Waals surface area (Å²) in [4.78, 5) is 31.7. The standard InChI is InChI=1S/C21H23N5O2/c1-2-26-20-17(13-23-26)16(12-18(24-20)15-8-4-3-5-9-15)21(28)22-14-19(27)25-10-6-7-11-25/h3-5,8-9,12-13H,2,6-7,10-11,14H2,1H3,(H,22,28). The van der Waals surface area contributed by atoms with Crippen molar-refractivity contribution in [3.8, 4) is 11.3 Å². The Bertz CT molecular complexity index is 1010. The third-order valence-electron chi connectivity index (χ3n) is 5.08. The summed E-state index contributed by atoms with van der Waals surface area (Å²) in [5, 5.41) is 7.82. The van der Waals surface area contributed by atoms with Gasteiger partial charge in [0.05, 0.1) is 29.4 Å². The van der Waals surface area contributed by atoms with Crippen LogP contribution in [0.25, 0.3) is 22.3 Å². The number of rotatable bonds is 5. The van der Waals surface area contributed by atoms with Crippen LogP contribution >= 0.6 is 0 Å². The van der Waals surface area contributed by atoms with Crippen molar-refractivity contribution in [1.82, 2.24) is 25.0 Å². The molecule has 1 N–H and O–H groups in total. The Morgan fingerprint density at radius 1 is 1.14 bits per heavy atom. The van der Waals surface area contributed by atoms with Gasteiger partial charge < -0.3 is 10.2 Å². The van der Waals surface area contributed by atoms with E-state index in [1.54, 1.807) is 21.8 Å². The quantitative estimate of drug-likeness (QED) is 0.741. The number of nitrogens with zero attached hydrogens (tertiary/aromatic N) is 4. The summed E-state index contributed by atoms with van der Waals surface area (Å²) in [6, 6.07) is 11.5. The first-order chi connectivity index (χ1) is 13.7. The molecule has 7 nitrogen and oxygen atoms in total. The van der Waals surface area contributed by atoms with E-state index in [0.717, 1.165) is 31.5 Å². The predicted molar refractivity (Wildman–Crippen MR) is 107 cm³/mol. The molecule has 1 aromatic carbocycles. The van der Waals surface area contributed by atoms with Crippen molar-refractivity contribution in [1.29, 1.82) is 0 Å². The maximum atomic E-state index is 12.9. The van der Waals surface area contributed by atoms with E-state index in [4.69, 9.17) is 4.98 Å². The Hall–Kier alpha value is -3.22. The van der Waals surface area contributed by atoms with E-state index in [-0.39, 0.29) is 18.4 Å². The van der Waals surface area contributed by atoms with Gasteiger partial charge in [-0.05, 0) is 25.8 Å². The highest BCUT2D eigenvalue weighted by molar-refractivity contribution is 6.07. The van der Waals surface area contributed by atoms with Crippen molar-refractivity contribution in [3.05, 3.63) is 48.2 Å². The number of pyridine rings is 1. The molecule has 7 heteroatoms. The molecule has 2 amide bonds. The molecule has 144 valence electrons. The molecule has 0 bridgehead atoms. The molecular formula is C21H23N5O2. The minimum absolute atomic E-state index is 0.00519. The Kier molecular flexibility index (Phi) is 5.06. The van der Waals surface area contributed by atoms with Gasteiger partial charge in [0.2, 0.25) is 5.91 Å². The second-order valence-electron chi connectivity index (χ2n) is 6.89. The molecule has 1 aliphatic rings. The first kappa shape index (κ1) is 18.2. The van der Waals surface area contributed by atoms with Crippen molar-refractivity contribution < 1.29 is 9.59 Å². The number of carbonyl (C=O) groups excluding carboxylic acids is 2. The molecule has 4 rings (SSSR count). The number of hydrogen-bond donors (Lipinski definition) is 1. The number of nitrogens with one attached hydrogen (secondary N) is 1. The number of carbonyl (C=O) groups is 2. The Morgan fingerprint density at radius 2 is 1.89 bits per heavy atom. The summed E-state index contributed by atoms with van der Waals surface area (Å²) in [6.45, 7) is 4.19. The second kappa shape index (κ2) is 7.80. The van der Waals surface area contributed by atoms with Crippen LogP contribution in [0.15, 0.2) is 42.6 Å². The average molecular weight is 377 g/mol. The SMILES string of the molecule is CCn1ncc2c(C(=O)NCC(=O)N3CCCC3)cc(-c3ccccc3)nc21. The molecule has 0 atom stereocenters. The van der Waals surface area contributed by atoms with Crippen LogP contribution in [0.3, 0.4) is 0 Å². The molecule has 0 spiro atoms. The lowest BCUT2D eigenvalue weighted by Crippen LogP contribution is -2.38. The van der Waals surface area contributed by atoms with Crippen molar-refractivity contribution in [2.24, 2.45) is 0 Å². The van der Waals surface area contributed by atoms with Gasteiger partial charge in [-0.2, -0.15) is 5.10 Å². The summed E-state index contributed by atoms with van der Waals surface area (Å²) in [5.74, 6) is -0.323. The van der Waals surface area contributed by atoms with Gasteiger partial charge in [0.15, 0.2) is 5.65 Å². The van der Waals surface area contributed by atoms with Gasteiger partial charge in [0.1, 0.15) is 0 Å². The normalized spacial score (nSPS) is 13.8. The van der Waals surface area contributed by atoms with Gasteiger partial charge in [-0.15, -0.1) is 0 Å². The monoisotopic (exact) mass is 377 g/mol. The number of hydrogen-bond acceptors (Lipinski definition) is 4. The smallest absolute Gasteiger partial charge is 0.252 e. The van der Waals surface area contributed by atoms with Gasteiger partial charge in [0, 0.05) is 25.2 Å². The van der Waals surface area contributed by atoms with Gasteiger partial charge in [-0.3, -0.25) is 9.59 Å². The molecule has 0 radical (unpaired) electrons. The Morgan fingerprint density at radius 3 is 2.61 bits per heavy atom. The van der Waals surface area contributed by atoms with Crippen LogP contribution in [0.5, 0.6) is 0 Å². The molecular weight excluding hydrogens is 354 g/mol. The molecule has 3 heterocycles. The minimum Gasteiger partial charge on any atom is -0.343 e. The first-order valence-electron chi connectivity index (χ1n) is 9.65. The highest BCUT2D eigenvalue weighted by Gasteiger charge is 2.21. The summed E-state index contributed by atoms with van der Waals surface area (Å²) in [7, 11) is 0. The van der Waals surface area contributed by atoms with Crippen LogP contribution in [0.2, 0.25) is 0 Å². The fourth-order valence-electron chi connectivity index (χ4n) is 3.55. The maximum Gasteiger partial charge on any atom is 0.252 e. The van der Waals surface area contributed by atoms with E-state index < -0.39 is 0 Å². The zero-order valence-corrected chi connectivity index (χ0v) is 15.9. The molecule has 28 heavy (non-hydrogen) atoms. The molecule has 3 aromatic rings. The lowest BCUT2D eigenvalue weighted by molar-refractivity contribution is -0.129. The van der Waals surface area contributed by atoms with Gasteiger partial charge in [0.25, 0.3) is 5.91 Å². The van der Waals surface area contributed by atoms with Crippen molar-refractivity contribution >= 4 is 22.8 Å². The lowest BCUT2D eigenvalue weighted by Gasteiger charge is -2.15. The number of amides is 2. The van der Waals surface area contributed by atoms with Crippen molar-refractivity contribution in [2.75, 3.05) is 19.6 Å². The van der Waals surface area contributed by atoms with E-state index in [9.17, 15) is 9.59 Å². The molecule has 2 aromatic heterocycles. The van der Waals surface area contributed by atoms with E-state index in [2.05, 4.69) is 10.4 Å². The highest BCUT2D eigenvalue weighted by Crippen LogP contribution is 2.25. The third kappa shape index (κ3) is 3.47. The lowest BCUT2D eigenvalue weighted by atomic mass is 10.1. The zero-order valence-electron chi connectivity index (χ0n) is 15.9. The molecule has 0 saturated carbocycles. The van der Waals surface area contributed by atoms with Crippen LogP contribution in [0.1, 0.15) is 30.1 Å². The van der Waals surface area contributed by atoms with Crippen molar-refractivity contribution in [3.63, 3.8) is 0 Å². The predicted octanol–water partition coefficient (Wildman–Crippen LogP) is 2.47. The number of benzene rings is 1. The first-order valence-corrected chi connectivity index (χ1v) is 9.65. The van der Waals surface area contributed by atoms with Crippen LogP contribution in [0.4, 0.5) is 0 Å². The molecule has 1 fully saturated rings. The van der Waals surface area contributed by atoms with E-state index in [1.165, 1.54) is 0 Å². The maximum absolute atomic E-state index is 12.9. The Balaban J connectivity index is 1.65. The Labute approximate surface area is 163 Å². The van der Waals surface area contributed by atoms with Crippen LogP contribution in [-0.4, -0.2) is 51.1 Å². The minimum atomic E-state index is -0.284. The summed E-state index contributed by atoms with van der Waals surface area (Å²) in [5.41, 5.74) is 2.78. The molecule has 0 aliphatic carbocycles. The van der Waals surface area contributed by atoms with Gasteiger partial charge in [-0.1, -0.05) is 30.3 Å². The van der Waals surface area contributed by atoms with E-state index in [0.29, 0.717) is 28.8 Å². The average Bonchev–Trinajstić information content (AvgIpc) is 3.41. The molecule has 1 saturated heterocycles. The number of aromatic nitrogens is 3. The molecule has 0 unspecified atom stereocenters. The van der Waals surface area contributed by atoms with Crippen LogP contribution in [-0.2, 0) is 11.3 Å². The highest BCUT2D eigenvalue weighted by atomic mass is 16.2. The fraction of sp³-hybridized carbons (Fsp3) is 0.333. The van der Waals surface area contributed by atoms with Gasteiger partial charge >= 0.3 is 0 Å². The largest absolute Gasteiger partial charge is 0.343 e. The third-order valence-corrected chi connectivity index (χ3v) is 5.08. The summed E-state index contributed by atoms with van der Waals surface area (Å²) in [6.07, 6.45) is 3.72. The van der Waals surface area contributed by atoms with E-state index in [1.807, 2.05) is 37.3 Å². The number of fused-ring (bicyclic) bond motifs is 1. The van der Waals surface area contributed by atoms with Crippen molar-refractivity contribution in [2.45, 2.75) is 26.3 Å². The zero-order chi connectivity index (χ0) is 19.5.